The van der Waals surface area contributed by atoms with E-state index in [4.69, 9.17) is 4.98 Å². The Morgan fingerprint density at radius 3 is 2.86 bits per heavy atom. The van der Waals surface area contributed by atoms with Gasteiger partial charge in [0.1, 0.15) is 10.8 Å². The largest absolute Gasteiger partial charge is 0.302 e. The van der Waals surface area contributed by atoms with Crippen LogP contribution < -0.4 is 0 Å². The smallest absolute Gasteiger partial charge is 0.191 e. The first-order chi connectivity index (χ1) is 10.8. The fourth-order valence-electron chi connectivity index (χ4n) is 2.03. The average molecular weight is 328 g/mol. The molecule has 3 aromatic rings. The predicted octanol–water partition coefficient (Wildman–Crippen LogP) is 4.19. The van der Waals surface area contributed by atoms with E-state index in [0.29, 0.717) is 0 Å². The molecule has 2 aromatic heterocycles. The standard InChI is InChI=1S/C16H16N4S2/c1-3-9-20-12(2)18-19-16(20)22-11-14-10-21-15(17-14)13-7-5-4-6-8-13/h3-8,10H,1,9,11H2,2H3. The van der Waals surface area contributed by atoms with E-state index in [1.165, 1.54) is 0 Å². The topological polar surface area (TPSA) is 43.6 Å². The van der Waals surface area contributed by atoms with Crippen molar-refractivity contribution >= 4 is 23.1 Å². The van der Waals surface area contributed by atoms with E-state index in [0.717, 1.165) is 39.5 Å². The summed E-state index contributed by atoms with van der Waals surface area (Å²) in [5.41, 5.74) is 2.23. The lowest BCUT2D eigenvalue weighted by Crippen LogP contribution is -2.00. The third-order valence-corrected chi connectivity index (χ3v) is 5.08. The molecule has 4 nitrogen and oxygen atoms in total. The number of hydrogen-bond donors (Lipinski definition) is 0. The summed E-state index contributed by atoms with van der Waals surface area (Å²) in [5.74, 6) is 1.70. The molecule has 0 N–H and O–H groups in total. The Morgan fingerprint density at radius 2 is 2.09 bits per heavy atom. The number of benzene rings is 1. The van der Waals surface area contributed by atoms with E-state index in [-0.39, 0.29) is 0 Å². The minimum absolute atomic E-state index is 0.730. The minimum Gasteiger partial charge on any atom is -0.302 e. The molecule has 0 aliphatic heterocycles. The van der Waals surface area contributed by atoms with Crippen LogP contribution in [0.25, 0.3) is 10.6 Å². The van der Waals surface area contributed by atoms with Crippen LogP contribution in [0.4, 0.5) is 0 Å². The molecule has 3 rings (SSSR count). The Morgan fingerprint density at radius 1 is 1.27 bits per heavy atom. The van der Waals surface area contributed by atoms with Crippen LogP contribution in [0.15, 0.2) is 53.5 Å². The van der Waals surface area contributed by atoms with Crippen LogP contribution in [-0.2, 0) is 12.3 Å². The van der Waals surface area contributed by atoms with Gasteiger partial charge in [-0.05, 0) is 6.92 Å². The van der Waals surface area contributed by atoms with E-state index >= 15 is 0 Å². The van der Waals surface area contributed by atoms with E-state index in [1.807, 2.05) is 31.2 Å². The van der Waals surface area contributed by atoms with Gasteiger partial charge in [-0.15, -0.1) is 28.1 Å². The molecule has 0 atom stereocenters. The van der Waals surface area contributed by atoms with Gasteiger partial charge in [-0.2, -0.15) is 0 Å². The third kappa shape index (κ3) is 3.28. The molecule has 22 heavy (non-hydrogen) atoms. The summed E-state index contributed by atoms with van der Waals surface area (Å²) in [5, 5.41) is 12.4. The zero-order valence-corrected chi connectivity index (χ0v) is 13.9. The van der Waals surface area contributed by atoms with Crippen molar-refractivity contribution in [3.8, 4) is 10.6 Å². The lowest BCUT2D eigenvalue weighted by molar-refractivity contribution is 0.703. The van der Waals surface area contributed by atoms with E-state index in [1.54, 1.807) is 23.1 Å². The summed E-state index contributed by atoms with van der Waals surface area (Å²) in [6.07, 6.45) is 1.86. The first-order valence-corrected chi connectivity index (χ1v) is 8.78. The number of thioether (sulfide) groups is 1. The van der Waals surface area contributed by atoms with Crippen molar-refractivity contribution in [1.82, 2.24) is 19.7 Å². The van der Waals surface area contributed by atoms with Crippen LogP contribution in [0.1, 0.15) is 11.5 Å². The van der Waals surface area contributed by atoms with Crippen molar-refractivity contribution in [2.24, 2.45) is 0 Å². The molecule has 0 radical (unpaired) electrons. The predicted molar refractivity (Wildman–Crippen MR) is 92.1 cm³/mol. The van der Waals surface area contributed by atoms with Crippen LogP contribution in [-0.4, -0.2) is 19.7 Å². The molecule has 0 aliphatic carbocycles. The summed E-state index contributed by atoms with van der Waals surface area (Å²) in [7, 11) is 0. The van der Waals surface area contributed by atoms with Gasteiger partial charge >= 0.3 is 0 Å². The molecule has 0 aliphatic rings. The maximum absolute atomic E-state index is 4.70. The first kappa shape index (κ1) is 15.0. The second kappa shape index (κ2) is 6.89. The number of aromatic nitrogens is 4. The molecule has 0 saturated heterocycles. The monoisotopic (exact) mass is 328 g/mol. The molecule has 6 heteroatoms. The van der Waals surface area contributed by atoms with Gasteiger partial charge in [0.15, 0.2) is 5.16 Å². The second-order valence-corrected chi connectivity index (χ2v) is 6.53. The first-order valence-electron chi connectivity index (χ1n) is 6.91. The maximum atomic E-state index is 4.70. The van der Waals surface area contributed by atoms with E-state index < -0.39 is 0 Å². The van der Waals surface area contributed by atoms with Gasteiger partial charge in [-0.3, -0.25) is 0 Å². The van der Waals surface area contributed by atoms with Crippen LogP contribution >= 0.6 is 23.1 Å². The number of allylic oxidation sites excluding steroid dienone is 1. The zero-order chi connectivity index (χ0) is 15.4. The third-order valence-electron chi connectivity index (χ3n) is 3.14. The Labute approximate surface area is 137 Å². The van der Waals surface area contributed by atoms with Crippen molar-refractivity contribution in [2.45, 2.75) is 24.4 Å². The Bertz CT molecular complexity index is 762. The number of aryl methyl sites for hydroxylation is 1. The fraction of sp³-hybridized carbons (Fsp3) is 0.188. The SMILES string of the molecule is C=CCn1c(C)nnc1SCc1csc(-c2ccccc2)n1. The summed E-state index contributed by atoms with van der Waals surface area (Å²) >= 11 is 3.33. The molecule has 0 bridgehead atoms. The van der Waals surface area contributed by atoms with Crippen molar-refractivity contribution in [2.75, 3.05) is 0 Å². The number of thiazole rings is 1. The molecule has 0 fully saturated rings. The minimum atomic E-state index is 0.730. The zero-order valence-electron chi connectivity index (χ0n) is 12.3. The van der Waals surface area contributed by atoms with E-state index in [9.17, 15) is 0 Å². The Kier molecular flexibility index (Phi) is 4.70. The molecule has 0 amide bonds. The number of hydrogen-bond acceptors (Lipinski definition) is 5. The van der Waals surface area contributed by atoms with Crippen LogP contribution in [0, 0.1) is 6.92 Å². The average Bonchev–Trinajstić information content (AvgIpc) is 3.15. The normalized spacial score (nSPS) is 10.8. The molecular weight excluding hydrogens is 312 g/mol. The van der Waals surface area contributed by atoms with Gasteiger partial charge in [0, 0.05) is 23.2 Å². The van der Waals surface area contributed by atoms with Crippen molar-refractivity contribution in [3.05, 3.63) is 59.9 Å². The van der Waals surface area contributed by atoms with Crippen molar-refractivity contribution < 1.29 is 0 Å². The Hall–Kier alpha value is -1.92. The summed E-state index contributed by atoms with van der Waals surface area (Å²) in [6, 6.07) is 10.2. The summed E-state index contributed by atoms with van der Waals surface area (Å²) in [4.78, 5) is 4.70. The number of nitrogens with zero attached hydrogens (tertiary/aromatic N) is 4. The highest BCUT2D eigenvalue weighted by Crippen LogP contribution is 2.27. The fourth-order valence-corrected chi connectivity index (χ4v) is 3.85. The van der Waals surface area contributed by atoms with Gasteiger partial charge in [-0.25, -0.2) is 4.98 Å². The molecule has 112 valence electrons. The Balaban J connectivity index is 1.70. The molecule has 1 aromatic carbocycles. The lowest BCUT2D eigenvalue weighted by Gasteiger charge is -2.03. The van der Waals surface area contributed by atoms with E-state index in [2.05, 4.69) is 38.9 Å². The highest BCUT2D eigenvalue weighted by atomic mass is 32.2. The maximum Gasteiger partial charge on any atom is 0.191 e. The van der Waals surface area contributed by atoms with Crippen LogP contribution in [0.5, 0.6) is 0 Å². The molecule has 0 saturated carbocycles. The summed E-state index contributed by atoms with van der Waals surface area (Å²) < 4.78 is 2.06. The highest BCUT2D eigenvalue weighted by Gasteiger charge is 2.10. The van der Waals surface area contributed by atoms with Gasteiger partial charge in [0.2, 0.25) is 0 Å². The number of rotatable bonds is 6. The molecule has 0 spiro atoms. The molecule has 2 heterocycles. The lowest BCUT2D eigenvalue weighted by atomic mass is 10.2. The van der Waals surface area contributed by atoms with Crippen LogP contribution in [0.2, 0.25) is 0 Å². The molecule has 0 unspecified atom stereocenters. The highest BCUT2D eigenvalue weighted by molar-refractivity contribution is 7.98. The second-order valence-electron chi connectivity index (χ2n) is 4.73. The van der Waals surface area contributed by atoms with Crippen molar-refractivity contribution in [1.29, 1.82) is 0 Å². The van der Waals surface area contributed by atoms with Gasteiger partial charge < -0.3 is 4.57 Å². The van der Waals surface area contributed by atoms with Gasteiger partial charge in [0.25, 0.3) is 0 Å². The van der Waals surface area contributed by atoms with Crippen molar-refractivity contribution in [3.63, 3.8) is 0 Å². The molecular formula is C16H16N4S2. The quantitative estimate of drug-likeness (QED) is 0.503. The van der Waals surface area contributed by atoms with Crippen LogP contribution in [0.3, 0.4) is 0 Å². The van der Waals surface area contributed by atoms with Gasteiger partial charge in [-0.1, -0.05) is 48.2 Å². The van der Waals surface area contributed by atoms with Gasteiger partial charge in [0.05, 0.1) is 5.69 Å². The summed E-state index contributed by atoms with van der Waals surface area (Å²) in [6.45, 7) is 6.46.